The molecule has 2 rings (SSSR count). The van der Waals surface area contributed by atoms with Gasteiger partial charge in [-0.05, 0) is 30.7 Å². The summed E-state index contributed by atoms with van der Waals surface area (Å²) in [5.41, 5.74) is 0.207. The molecule has 1 aromatic heterocycles. The summed E-state index contributed by atoms with van der Waals surface area (Å²) in [6.07, 6.45) is 4.77. The average Bonchev–Trinajstić information content (AvgIpc) is 2.59. The van der Waals surface area contributed by atoms with E-state index < -0.39 is 5.60 Å². The summed E-state index contributed by atoms with van der Waals surface area (Å²) in [5.74, 6) is 0. The third-order valence-electron chi connectivity index (χ3n) is 3.70. The maximum Gasteiger partial charge on any atom is 0.111 e. The van der Waals surface area contributed by atoms with Gasteiger partial charge < -0.3 is 5.11 Å². The normalized spacial score (nSPS) is 30.9. The van der Waals surface area contributed by atoms with Gasteiger partial charge in [0.15, 0.2) is 0 Å². The first-order valence-corrected chi connectivity index (χ1v) is 5.18. The number of hydrogen-bond donors (Lipinski definition) is 1. The first kappa shape index (κ1) is 9.71. The highest BCUT2D eigenvalue weighted by Crippen LogP contribution is 2.51. The molecule has 1 aliphatic carbocycles. The van der Waals surface area contributed by atoms with E-state index in [1.54, 1.807) is 10.9 Å². The predicted molar refractivity (Wildman–Crippen MR) is 54.7 cm³/mol. The Bertz CT molecular complexity index is 343. The van der Waals surface area contributed by atoms with Crippen LogP contribution in [0.15, 0.2) is 12.3 Å². The van der Waals surface area contributed by atoms with E-state index in [0.717, 1.165) is 25.0 Å². The topological polar surface area (TPSA) is 38.0 Å². The Morgan fingerprint density at radius 3 is 2.57 bits per heavy atom. The predicted octanol–water partition coefficient (Wildman–Crippen LogP) is 1.82. The highest BCUT2D eigenvalue weighted by Gasteiger charge is 2.50. The monoisotopic (exact) mass is 194 g/mol. The van der Waals surface area contributed by atoms with Gasteiger partial charge in [0.25, 0.3) is 0 Å². The Balaban J connectivity index is 2.47. The Labute approximate surface area is 84.7 Å². The number of nitrogens with zero attached hydrogens (tertiary/aromatic N) is 2. The van der Waals surface area contributed by atoms with Crippen molar-refractivity contribution in [2.24, 2.45) is 12.5 Å². The number of hydrogen-bond acceptors (Lipinski definition) is 2. The third-order valence-corrected chi connectivity index (χ3v) is 3.70. The number of rotatable bonds is 1. The Hall–Kier alpha value is -0.830. The van der Waals surface area contributed by atoms with Gasteiger partial charge in [0.1, 0.15) is 5.60 Å². The van der Waals surface area contributed by atoms with Gasteiger partial charge in [-0.25, -0.2) is 0 Å². The summed E-state index contributed by atoms with van der Waals surface area (Å²) >= 11 is 0. The molecule has 1 saturated carbocycles. The molecule has 0 radical (unpaired) electrons. The van der Waals surface area contributed by atoms with Crippen LogP contribution in [0.25, 0.3) is 0 Å². The van der Waals surface area contributed by atoms with Crippen LogP contribution in [-0.2, 0) is 12.6 Å². The van der Waals surface area contributed by atoms with Crippen molar-refractivity contribution in [1.29, 1.82) is 0 Å². The molecule has 0 spiro atoms. The first-order chi connectivity index (χ1) is 6.47. The minimum atomic E-state index is -0.696. The van der Waals surface area contributed by atoms with Crippen LogP contribution in [0.4, 0.5) is 0 Å². The van der Waals surface area contributed by atoms with Crippen molar-refractivity contribution < 1.29 is 5.11 Å². The molecule has 1 fully saturated rings. The van der Waals surface area contributed by atoms with Crippen LogP contribution in [0, 0.1) is 5.41 Å². The summed E-state index contributed by atoms with van der Waals surface area (Å²) in [6.45, 7) is 4.26. The highest BCUT2D eigenvalue weighted by molar-refractivity contribution is 5.18. The van der Waals surface area contributed by atoms with Crippen molar-refractivity contribution >= 4 is 0 Å². The largest absolute Gasteiger partial charge is 0.383 e. The van der Waals surface area contributed by atoms with Crippen molar-refractivity contribution in [3.63, 3.8) is 0 Å². The number of aryl methyl sites for hydroxylation is 1. The molecular formula is C11H18N2O. The summed E-state index contributed by atoms with van der Waals surface area (Å²) in [6, 6.07) is 1.92. The van der Waals surface area contributed by atoms with Crippen LogP contribution < -0.4 is 0 Å². The van der Waals surface area contributed by atoms with E-state index in [1.807, 2.05) is 13.1 Å². The van der Waals surface area contributed by atoms with Crippen molar-refractivity contribution in [1.82, 2.24) is 9.78 Å². The molecule has 1 heterocycles. The lowest BCUT2D eigenvalue weighted by molar-refractivity contribution is -0.0550. The molecule has 0 aromatic carbocycles. The minimum absolute atomic E-state index is 0.0409. The van der Waals surface area contributed by atoms with Crippen molar-refractivity contribution in [2.45, 2.75) is 38.7 Å². The van der Waals surface area contributed by atoms with Crippen LogP contribution >= 0.6 is 0 Å². The lowest BCUT2D eigenvalue weighted by Crippen LogP contribution is -2.38. The third kappa shape index (κ3) is 1.12. The summed E-state index contributed by atoms with van der Waals surface area (Å²) in [4.78, 5) is 0. The second-order valence-corrected chi connectivity index (χ2v) is 4.94. The maximum atomic E-state index is 10.7. The number of aromatic nitrogens is 2. The SMILES string of the molecule is Cn1nccc1[C@]1(O)CCCC1(C)C. The molecule has 3 nitrogen and oxygen atoms in total. The Morgan fingerprint density at radius 2 is 2.14 bits per heavy atom. The van der Waals surface area contributed by atoms with Gasteiger partial charge in [-0.1, -0.05) is 13.8 Å². The van der Waals surface area contributed by atoms with Gasteiger partial charge >= 0.3 is 0 Å². The summed E-state index contributed by atoms with van der Waals surface area (Å²) in [7, 11) is 1.89. The van der Waals surface area contributed by atoms with Crippen LogP contribution in [0.5, 0.6) is 0 Å². The van der Waals surface area contributed by atoms with Crippen molar-refractivity contribution in [3.8, 4) is 0 Å². The lowest BCUT2D eigenvalue weighted by Gasteiger charge is -2.36. The first-order valence-electron chi connectivity index (χ1n) is 5.18. The fourth-order valence-corrected chi connectivity index (χ4v) is 2.59. The second kappa shape index (κ2) is 2.83. The molecule has 0 amide bonds. The summed E-state index contributed by atoms with van der Waals surface area (Å²) < 4.78 is 1.78. The molecule has 78 valence electrons. The molecule has 0 aliphatic heterocycles. The molecule has 14 heavy (non-hydrogen) atoms. The van der Waals surface area contributed by atoms with E-state index in [4.69, 9.17) is 0 Å². The van der Waals surface area contributed by atoms with Crippen LogP contribution in [0.1, 0.15) is 38.8 Å². The van der Waals surface area contributed by atoms with Gasteiger partial charge in [-0.15, -0.1) is 0 Å². The zero-order valence-electron chi connectivity index (χ0n) is 9.12. The van der Waals surface area contributed by atoms with Crippen molar-refractivity contribution in [2.75, 3.05) is 0 Å². The second-order valence-electron chi connectivity index (χ2n) is 4.94. The van der Waals surface area contributed by atoms with Crippen LogP contribution in [0.3, 0.4) is 0 Å². The smallest absolute Gasteiger partial charge is 0.111 e. The van der Waals surface area contributed by atoms with Gasteiger partial charge in [-0.2, -0.15) is 5.10 Å². The Morgan fingerprint density at radius 1 is 1.43 bits per heavy atom. The maximum absolute atomic E-state index is 10.7. The van der Waals surface area contributed by atoms with Crippen molar-refractivity contribution in [3.05, 3.63) is 18.0 Å². The molecule has 1 aromatic rings. The average molecular weight is 194 g/mol. The van der Waals surface area contributed by atoms with E-state index in [1.165, 1.54) is 0 Å². The molecule has 0 unspecified atom stereocenters. The van der Waals surface area contributed by atoms with E-state index in [0.29, 0.717) is 0 Å². The van der Waals surface area contributed by atoms with Gasteiger partial charge in [0.2, 0.25) is 0 Å². The fraction of sp³-hybridized carbons (Fsp3) is 0.727. The quantitative estimate of drug-likeness (QED) is 0.740. The molecule has 0 saturated heterocycles. The van der Waals surface area contributed by atoms with Gasteiger partial charge in [-0.3, -0.25) is 4.68 Å². The fourth-order valence-electron chi connectivity index (χ4n) is 2.59. The minimum Gasteiger partial charge on any atom is -0.383 e. The molecule has 1 atom stereocenters. The molecule has 3 heteroatoms. The Kier molecular flexibility index (Phi) is 1.96. The zero-order valence-corrected chi connectivity index (χ0v) is 9.12. The van der Waals surface area contributed by atoms with E-state index >= 15 is 0 Å². The van der Waals surface area contributed by atoms with E-state index in [9.17, 15) is 5.11 Å². The van der Waals surface area contributed by atoms with E-state index in [-0.39, 0.29) is 5.41 Å². The van der Waals surface area contributed by atoms with Crippen LogP contribution in [0.2, 0.25) is 0 Å². The highest BCUT2D eigenvalue weighted by atomic mass is 16.3. The molecule has 1 N–H and O–H groups in total. The van der Waals surface area contributed by atoms with Gasteiger partial charge in [0.05, 0.1) is 5.69 Å². The molecular weight excluding hydrogens is 176 g/mol. The van der Waals surface area contributed by atoms with Gasteiger partial charge in [0, 0.05) is 13.2 Å². The zero-order chi connectivity index (χ0) is 10.4. The number of aliphatic hydroxyl groups is 1. The standard InChI is InChI=1S/C11H18N2O/c1-10(2)6-4-7-11(10,14)9-5-8-12-13(9)3/h5,8,14H,4,6-7H2,1-3H3/t11-/m1/s1. The summed E-state index contributed by atoms with van der Waals surface area (Å²) in [5, 5.41) is 14.8. The molecule has 0 bridgehead atoms. The van der Waals surface area contributed by atoms with Crippen LogP contribution in [-0.4, -0.2) is 14.9 Å². The molecule has 1 aliphatic rings. The van der Waals surface area contributed by atoms with E-state index in [2.05, 4.69) is 18.9 Å². The lowest BCUT2D eigenvalue weighted by atomic mass is 9.76.